The van der Waals surface area contributed by atoms with Crippen molar-refractivity contribution in [3.8, 4) is 22.6 Å². The number of nitrogen functional groups attached to an aromatic ring is 1. The van der Waals surface area contributed by atoms with Crippen molar-refractivity contribution >= 4 is 17.3 Å². The van der Waals surface area contributed by atoms with E-state index in [1.807, 2.05) is 30.3 Å². The lowest BCUT2D eigenvalue weighted by Crippen LogP contribution is -2.35. The Kier molecular flexibility index (Phi) is 3.23. The lowest BCUT2D eigenvalue weighted by Gasteiger charge is -2.11. The largest absolute Gasteiger partial charge is 0.457 e. The van der Waals surface area contributed by atoms with Gasteiger partial charge < -0.3 is 10.5 Å². The third-order valence-corrected chi connectivity index (χ3v) is 3.45. The molecule has 0 radical (unpaired) electrons. The molecular formula is C16H10ClNO3. The van der Waals surface area contributed by atoms with E-state index in [2.05, 4.69) is 0 Å². The molecule has 0 bridgehead atoms. The van der Waals surface area contributed by atoms with Crippen LogP contribution in [0.15, 0.2) is 58.1 Å². The maximum atomic E-state index is 11.5. The summed E-state index contributed by atoms with van der Waals surface area (Å²) in [6.07, 6.45) is 0. The Morgan fingerprint density at radius 1 is 0.905 bits per heavy atom. The summed E-state index contributed by atoms with van der Waals surface area (Å²) >= 11 is 6.15. The Labute approximate surface area is 125 Å². The number of halogens is 1. The van der Waals surface area contributed by atoms with Gasteiger partial charge in [-0.25, -0.2) is 0 Å². The van der Waals surface area contributed by atoms with Crippen LogP contribution in [0.4, 0.5) is 5.69 Å². The van der Waals surface area contributed by atoms with Crippen molar-refractivity contribution in [3.63, 3.8) is 0 Å². The second-order valence-electron chi connectivity index (χ2n) is 4.50. The minimum absolute atomic E-state index is 0.0429. The maximum absolute atomic E-state index is 11.5. The van der Waals surface area contributed by atoms with E-state index in [9.17, 15) is 9.59 Å². The van der Waals surface area contributed by atoms with E-state index in [1.165, 1.54) is 0 Å². The molecule has 104 valence electrons. The van der Waals surface area contributed by atoms with Gasteiger partial charge in [-0.2, -0.15) is 0 Å². The highest BCUT2D eigenvalue weighted by molar-refractivity contribution is 6.33. The highest BCUT2D eigenvalue weighted by Gasteiger charge is 2.21. The summed E-state index contributed by atoms with van der Waals surface area (Å²) in [4.78, 5) is 22.7. The number of hydrogen-bond donors (Lipinski definition) is 1. The molecule has 3 rings (SSSR count). The first kappa shape index (κ1) is 13.4. The lowest BCUT2D eigenvalue weighted by molar-refractivity contribution is 0.483. The molecule has 3 aromatic carbocycles. The molecule has 0 spiro atoms. The molecular weight excluding hydrogens is 290 g/mol. The summed E-state index contributed by atoms with van der Waals surface area (Å²) in [7, 11) is 0. The van der Waals surface area contributed by atoms with Crippen molar-refractivity contribution in [1.29, 1.82) is 0 Å². The quantitative estimate of drug-likeness (QED) is 0.755. The molecule has 0 saturated heterocycles. The van der Waals surface area contributed by atoms with Gasteiger partial charge in [0.05, 0.1) is 16.3 Å². The van der Waals surface area contributed by atoms with Crippen molar-refractivity contribution in [3.05, 3.63) is 74.0 Å². The topological polar surface area (TPSA) is 69.4 Å². The highest BCUT2D eigenvalue weighted by Crippen LogP contribution is 2.33. The number of anilines is 1. The van der Waals surface area contributed by atoms with Crippen LogP contribution in [0.5, 0.6) is 11.5 Å². The summed E-state index contributed by atoms with van der Waals surface area (Å²) in [6, 6.07) is 14.1. The van der Waals surface area contributed by atoms with Gasteiger partial charge in [-0.1, -0.05) is 29.8 Å². The predicted octanol–water partition coefficient (Wildman–Crippen LogP) is 2.98. The molecule has 0 saturated carbocycles. The van der Waals surface area contributed by atoms with Gasteiger partial charge in [0.1, 0.15) is 11.5 Å². The van der Waals surface area contributed by atoms with Gasteiger partial charge in [0.15, 0.2) is 0 Å². The average Bonchev–Trinajstić information content (AvgIpc) is 2.50. The number of benzene rings is 2. The number of ether oxygens (including phenoxy) is 1. The van der Waals surface area contributed by atoms with Crippen molar-refractivity contribution in [2.24, 2.45) is 0 Å². The highest BCUT2D eigenvalue weighted by atomic mass is 35.5. The molecule has 0 amide bonds. The maximum Gasteiger partial charge on any atom is 0.249 e. The normalized spacial score (nSPS) is 10.7. The van der Waals surface area contributed by atoms with Crippen LogP contribution in [-0.2, 0) is 0 Å². The van der Waals surface area contributed by atoms with Gasteiger partial charge in [0.25, 0.3) is 0 Å². The Morgan fingerprint density at radius 2 is 1.62 bits per heavy atom. The molecule has 2 N–H and O–H groups in total. The monoisotopic (exact) mass is 299 g/mol. The van der Waals surface area contributed by atoms with E-state index in [-0.39, 0.29) is 11.3 Å². The van der Waals surface area contributed by atoms with Crippen LogP contribution in [0.25, 0.3) is 11.1 Å². The second kappa shape index (κ2) is 5.07. The van der Waals surface area contributed by atoms with Crippen LogP contribution in [0.2, 0.25) is 5.02 Å². The molecule has 0 unspecified atom stereocenters. The van der Waals surface area contributed by atoms with Crippen molar-refractivity contribution in [1.82, 2.24) is 0 Å². The fourth-order valence-electron chi connectivity index (χ4n) is 2.06. The zero-order valence-corrected chi connectivity index (χ0v) is 11.6. The van der Waals surface area contributed by atoms with Crippen LogP contribution in [0.1, 0.15) is 0 Å². The van der Waals surface area contributed by atoms with E-state index < -0.39 is 10.9 Å². The molecule has 0 fully saturated rings. The summed E-state index contributed by atoms with van der Waals surface area (Å²) in [5.41, 5.74) is 4.85. The van der Waals surface area contributed by atoms with Crippen LogP contribution in [0.3, 0.4) is 0 Å². The zero-order chi connectivity index (χ0) is 15.0. The van der Waals surface area contributed by atoms with E-state index in [4.69, 9.17) is 22.1 Å². The average molecular weight is 300 g/mol. The molecule has 4 nitrogen and oxygen atoms in total. The van der Waals surface area contributed by atoms with Gasteiger partial charge in [0, 0.05) is 11.6 Å². The number of para-hydroxylation sites is 1. The van der Waals surface area contributed by atoms with Gasteiger partial charge >= 0.3 is 0 Å². The SMILES string of the molecule is Nc1c(-c2ccc(Oc3ccccc3)cc2Cl)c(=O)c1=O. The third kappa shape index (κ3) is 2.30. The van der Waals surface area contributed by atoms with Crippen molar-refractivity contribution in [2.75, 3.05) is 5.73 Å². The molecule has 0 heterocycles. The summed E-state index contributed by atoms with van der Waals surface area (Å²) in [6.45, 7) is 0. The van der Waals surface area contributed by atoms with E-state index in [0.717, 1.165) is 0 Å². The lowest BCUT2D eigenvalue weighted by atomic mass is 9.99. The molecule has 21 heavy (non-hydrogen) atoms. The van der Waals surface area contributed by atoms with Crippen LogP contribution < -0.4 is 21.3 Å². The Balaban J connectivity index is 1.94. The van der Waals surface area contributed by atoms with E-state index in [1.54, 1.807) is 18.2 Å². The van der Waals surface area contributed by atoms with Crippen LogP contribution >= 0.6 is 11.6 Å². The molecule has 5 heteroatoms. The molecule has 3 aromatic rings. The Bertz CT molecular complexity index is 880. The third-order valence-electron chi connectivity index (χ3n) is 3.14. The minimum Gasteiger partial charge on any atom is -0.457 e. The standard InChI is InChI=1S/C16H10ClNO3/c17-12-8-10(21-9-4-2-1-3-5-9)6-7-11(12)13-14(18)16(20)15(13)19/h1-8H,18H2. The fraction of sp³-hybridized carbons (Fsp3) is 0. The molecule has 0 aromatic heterocycles. The molecule has 0 aliphatic heterocycles. The predicted molar refractivity (Wildman–Crippen MR) is 82.7 cm³/mol. The van der Waals surface area contributed by atoms with Gasteiger partial charge in [-0.05, 0) is 24.3 Å². The second-order valence-corrected chi connectivity index (χ2v) is 4.91. The van der Waals surface area contributed by atoms with Gasteiger partial charge in [-0.15, -0.1) is 0 Å². The molecule has 0 aliphatic carbocycles. The minimum atomic E-state index is -0.661. The zero-order valence-electron chi connectivity index (χ0n) is 10.8. The summed E-state index contributed by atoms with van der Waals surface area (Å²) in [5, 5.41) is 0.308. The Hall–Kier alpha value is -2.59. The fourth-order valence-corrected chi connectivity index (χ4v) is 2.33. The number of rotatable bonds is 3. The number of nitrogens with two attached hydrogens (primary N) is 1. The first-order valence-electron chi connectivity index (χ1n) is 6.19. The van der Waals surface area contributed by atoms with Crippen LogP contribution in [0, 0.1) is 0 Å². The first-order chi connectivity index (χ1) is 10.1. The van der Waals surface area contributed by atoms with Crippen molar-refractivity contribution < 1.29 is 4.74 Å². The van der Waals surface area contributed by atoms with E-state index in [0.29, 0.717) is 22.1 Å². The van der Waals surface area contributed by atoms with Gasteiger partial charge in [-0.3, -0.25) is 9.59 Å². The first-order valence-corrected chi connectivity index (χ1v) is 6.57. The van der Waals surface area contributed by atoms with Gasteiger partial charge in [0.2, 0.25) is 10.9 Å². The summed E-state index contributed by atoms with van der Waals surface area (Å²) in [5.74, 6) is 1.21. The molecule has 0 atom stereocenters. The Morgan fingerprint density at radius 3 is 2.24 bits per heavy atom. The van der Waals surface area contributed by atoms with Crippen LogP contribution in [-0.4, -0.2) is 0 Å². The summed E-state index contributed by atoms with van der Waals surface area (Å²) < 4.78 is 5.64. The molecule has 0 aliphatic rings. The van der Waals surface area contributed by atoms with E-state index >= 15 is 0 Å². The number of hydrogen-bond acceptors (Lipinski definition) is 4. The smallest absolute Gasteiger partial charge is 0.249 e. The van der Waals surface area contributed by atoms with Crippen molar-refractivity contribution in [2.45, 2.75) is 0 Å².